The molecule has 1 aliphatic heterocycles. The number of ether oxygens (including phenoxy) is 2. The summed E-state index contributed by atoms with van der Waals surface area (Å²) in [4.78, 5) is 11.4. The summed E-state index contributed by atoms with van der Waals surface area (Å²) in [6.45, 7) is 2.46. The van der Waals surface area contributed by atoms with Gasteiger partial charge in [0.1, 0.15) is 5.69 Å². The molecule has 0 amide bonds. The molecule has 6 nitrogen and oxygen atoms in total. The Morgan fingerprint density at radius 3 is 3.18 bits per heavy atom. The standard InChI is InChI=1S/C16H19N3O3/c1-21-16(20)8-12-3-2-4-14(7-12)15-10-19(18-17-15)9-13-5-6-22-11-13/h2-4,7,10,13H,5-6,8-9,11H2,1H3. The maximum Gasteiger partial charge on any atom is 0.309 e. The van der Waals surface area contributed by atoms with E-state index in [0.717, 1.165) is 43.0 Å². The summed E-state index contributed by atoms with van der Waals surface area (Å²) >= 11 is 0. The third-order valence-corrected chi connectivity index (χ3v) is 3.81. The number of hydrogen-bond acceptors (Lipinski definition) is 5. The van der Waals surface area contributed by atoms with E-state index in [-0.39, 0.29) is 12.4 Å². The Kier molecular flexibility index (Phi) is 4.48. The molecule has 1 fully saturated rings. The first-order valence-electron chi connectivity index (χ1n) is 7.38. The Labute approximate surface area is 129 Å². The van der Waals surface area contributed by atoms with Gasteiger partial charge in [0.05, 0.1) is 26.3 Å². The van der Waals surface area contributed by atoms with Crippen molar-refractivity contribution in [2.75, 3.05) is 20.3 Å². The molecule has 2 heterocycles. The molecule has 22 heavy (non-hydrogen) atoms. The van der Waals surface area contributed by atoms with Crippen LogP contribution in [0.1, 0.15) is 12.0 Å². The van der Waals surface area contributed by atoms with Gasteiger partial charge < -0.3 is 9.47 Å². The van der Waals surface area contributed by atoms with Crippen LogP contribution in [-0.2, 0) is 27.2 Å². The Balaban J connectivity index is 1.72. The molecule has 0 aliphatic carbocycles. The fourth-order valence-corrected chi connectivity index (χ4v) is 2.59. The molecule has 0 spiro atoms. The summed E-state index contributed by atoms with van der Waals surface area (Å²) in [5.74, 6) is 0.266. The number of nitrogens with zero attached hydrogens (tertiary/aromatic N) is 3. The second kappa shape index (κ2) is 6.70. The highest BCUT2D eigenvalue weighted by molar-refractivity contribution is 5.73. The molecular weight excluding hydrogens is 282 g/mol. The molecule has 1 atom stereocenters. The second-order valence-corrected chi connectivity index (χ2v) is 5.51. The first-order valence-corrected chi connectivity index (χ1v) is 7.38. The molecule has 6 heteroatoms. The smallest absolute Gasteiger partial charge is 0.309 e. The molecule has 0 bridgehead atoms. The van der Waals surface area contributed by atoms with Gasteiger partial charge in [-0.1, -0.05) is 23.4 Å². The van der Waals surface area contributed by atoms with E-state index in [1.165, 1.54) is 7.11 Å². The van der Waals surface area contributed by atoms with Crippen LogP contribution in [-0.4, -0.2) is 41.3 Å². The zero-order valence-electron chi connectivity index (χ0n) is 12.6. The van der Waals surface area contributed by atoms with Gasteiger partial charge in [-0.05, 0) is 18.1 Å². The van der Waals surface area contributed by atoms with E-state index in [0.29, 0.717) is 5.92 Å². The van der Waals surface area contributed by atoms with Crippen molar-refractivity contribution in [2.24, 2.45) is 5.92 Å². The normalized spacial score (nSPS) is 17.6. The van der Waals surface area contributed by atoms with Crippen LogP contribution in [0.15, 0.2) is 30.5 Å². The van der Waals surface area contributed by atoms with E-state index in [9.17, 15) is 4.79 Å². The van der Waals surface area contributed by atoms with Crippen LogP contribution in [0.5, 0.6) is 0 Å². The average molecular weight is 301 g/mol. The maximum atomic E-state index is 11.4. The van der Waals surface area contributed by atoms with Gasteiger partial charge in [-0.2, -0.15) is 0 Å². The van der Waals surface area contributed by atoms with Crippen molar-refractivity contribution in [1.82, 2.24) is 15.0 Å². The molecule has 1 saturated heterocycles. The fraction of sp³-hybridized carbons (Fsp3) is 0.438. The van der Waals surface area contributed by atoms with Crippen molar-refractivity contribution in [2.45, 2.75) is 19.4 Å². The first kappa shape index (κ1) is 14.7. The van der Waals surface area contributed by atoms with E-state index in [1.54, 1.807) is 0 Å². The van der Waals surface area contributed by atoms with Crippen LogP contribution in [0.3, 0.4) is 0 Å². The molecule has 1 unspecified atom stereocenters. The zero-order chi connectivity index (χ0) is 15.4. The van der Waals surface area contributed by atoms with Crippen LogP contribution in [0.4, 0.5) is 0 Å². The molecule has 0 radical (unpaired) electrons. The van der Waals surface area contributed by atoms with Gasteiger partial charge >= 0.3 is 5.97 Å². The van der Waals surface area contributed by atoms with Gasteiger partial charge in [0, 0.05) is 24.6 Å². The highest BCUT2D eigenvalue weighted by Gasteiger charge is 2.17. The minimum Gasteiger partial charge on any atom is -0.469 e. The van der Waals surface area contributed by atoms with E-state index in [2.05, 4.69) is 10.3 Å². The van der Waals surface area contributed by atoms with Gasteiger partial charge in [0.2, 0.25) is 0 Å². The summed E-state index contributed by atoms with van der Waals surface area (Å²) in [6, 6.07) is 7.73. The topological polar surface area (TPSA) is 66.2 Å². The molecular formula is C16H19N3O3. The van der Waals surface area contributed by atoms with E-state index >= 15 is 0 Å². The van der Waals surface area contributed by atoms with E-state index < -0.39 is 0 Å². The predicted octanol–water partition coefficient (Wildman–Crippen LogP) is 1.70. The number of methoxy groups -OCH3 is 1. The molecule has 2 aromatic rings. The Hall–Kier alpha value is -2.21. The second-order valence-electron chi connectivity index (χ2n) is 5.51. The van der Waals surface area contributed by atoms with Gasteiger partial charge in [-0.15, -0.1) is 5.10 Å². The summed E-state index contributed by atoms with van der Waals surface area (Å²) in [6.07, 6.45) is 3.28. The van der Waals surface area contributed by atoms with Gasteiger partial charge in [0.15, 0.2) is 0 Å². The lowest BCUT2D eigenvalue weighted by molar-refractivity contribution is -0.139. The lowest BCUT2D eigenvalue weighted by Gasteiger charge is -2.05. The van der Waals surface area contributed by atoms with Crippen LogP contribution in [0.2, 0.25) is 0 Å². The molecule has 116 valence electrons. The number of carbonyl (C=O) groups excluding carboxylic acids is 1. The van der Waals surface area contributed by atoms with Gasteiger partial charge in [-0.3, -0.25) is 9.48 Å². The Bertz CT molecular complexity index is 648. The summed E-state index contributed by atoms with van der Waals surface area (Å²) < 4.78 is 11.9. The lowest BCUT2D eigenvalue weighted by atomic mass is 10.1. The lowest BCUT2D eigenvalue weighted by Crippen LogP contribution is -2.10. The average Bonchev–Trinajstić information content (AvgIpc) is 3.20. The zero-order valence-corrected chi connectivity index (χ0v) is 12.6. The largest absolute Gasteiger partial charge is 0.469 e. The monoisotopic (exact) mass is 301 g/mol. The molecule has 0 saturated carbocycles. The predicted molar refractivity (Wildman–Crippen MR) is 80.1 cm³/mol. The summed E-state index contributed by atoms with van der Waals surface area (Å²) in [7, 11) is 1.39. The SMILES string of the molecule is COC(=O)Cc1cccc(-c2cn(CC3CCOC3)nn2)c1. The summed E-state index contributed by atoms with van der Waals surface area (Å²) in [5, 5.41) is 8.41. The quantitative estimate of drug-likeness (QED) is 0.786. The molecule has 1 aliphatic rings. The number of benzene rings is 1. The maximum absolute atomic E-state index is 11.4. The summed E-state index contributed by atoms with van der Waals surface area (Å²) in [5.41, 5.74) is 2.67. The first-order chi connectivity index (χ1) is 10.7. The van der Waals surface area contributed by atoms with Crippen LogP contribution in [0, 0.1) is 5.92 Å². The highest BCUT2D eigenvalue weighted by Crippen LogP contribution is 2.20. The molecule has 1 aromatic carbocycles. The molecule has 1 aromatic heterocycles. The fourth-order valence-electron chi connectivity index (χ4n) is 2.59. The van der Waals surface area contributed by atoms with Crippen LogP contribution in [0.25, 0.3) is 11.3 Å². The van der Waals surface area contributed by atoms with Crippen LogP contribution < -0.4 is 0 Å². The van der Waals surface area contributed by atoms with Crippen molar-refractivity contribution in [3.8, 4) is 11.3 Å². The molecule has 0 N–H and O–H groups in total. The minimum absolute atomic E-state index is 0.248. The van der Waals surface area contributed by atoms with Crippen molar-refractivity contribution in [3.63, 3.8) is 0 Å². The Morgan fingerprint density at radius 1 is 1.50 bits per heavy atom. The molecule has 3 rings (SSSR count). The van der Waals surface area contributed by atoms with E-state index in [4.69, 9.17) is 9.47 Å². The number of esters is 1. The van der Waals surface area contributed by atoms with Crippen LogP contribution >= 0.6 is 0 Å². The Morgan fingerprint density at radius 2 is 2.41 bits per heavy atom. The minimum atomic E-state index is -0.248. The number of hydrogen-bond donors (Lipinski definition) is 0. The third-order valence-electron chi connectivity index (χ3n) is 3.81. The van der Waals surface area contributed by atoms with Crippen molar-refractivity contribution in [3.05, 3.63) is 36.0 Å². The van der Waals surface area contributed by atoms with Gasteiger partial charge in [0.25, 0.3) is 0 Å². The number of aromatic nitrogens is 3. The van der Waals surface area contributed by atoms with Crippen molar-refractivity contribution < 1.29 is 14.3 Å². The van der Waals surface area contributed by atoms with Crippen molar-refractivity contribution >= 4 is 5.97 Å². The number of carbonyl (C=O) groups is 1. The van der Waals surface area contributed by atoms with Crippen molar-refractivity contribution in [1.29, 1.82) is 0 Å². The van der Waals surface area contributed by atoms with E-state index in [1.807, 2.05) is 35.1 Å². The van der Waals surface area contributed by atoms with Gasteiger partial charge in [-0.25, -0.2) is 0 Å². The highest BCUT2D eigenvalue weighted by atomic mass is 16.5. The third kappa shape index (κ3) is 3.51. The number of rotatable bonds is 5.